The Labute approximate surface area is 150 Å². The number of nitro groups is 1. The fraction of sp³-hybridized carbons (Fsp3) is 0.0588. The molecule has 0 radical (unpaired) electrons. The van der Waals surface area contributed by atoms with Crippen LogP contribution in [0.2, 0.25) is 0 Å². The predicted octanol–water partition coefficient (Wildman–Crippen LogP) is 5.15. The van der Waals surface area contributed by atoms with Crippen molar-refractivity contribution in [3.8, 4) is 10.6 Å². The quantitative estimate of drug-likeness (QED) is 0.275. The number of benzene rings is 2. The van der Waals surface area contributed by atoms with E-state index in [4.69, 9.17) is 4.42 Å². The van der Waals surface area contributed by atoms with Gasteiger partial charge in [0.2, 0.25) is 0 Å². The lowest BCUT2D eigenvalue weighted by Gasteiger charge is -1.94. The van der Waals surface area contributed by atoms with Crippen LogP contribution < -0.4 is 0 Å². The lowest BCUT2D eigenvalue weighted by Crippen LogP contribution is -1.86. The predicted molar refractivity (Wildman–Crippen MR) is 97.8 cm³/mol. The third kappa shape index (κ3) is 3.40. The van der Waals surface area contributed by atoms with Crippen molar-refractivity contribution in [3.63, 3.8) is 0 Å². The molecule has 124 valence electrons. The van der Waals surface area contributed by atoms with Gasteiger partial charge in [-0.05, 0) is 6.07 Å². The maximum atomic E-state index is 10.8. The summed E-state index contributed by atoms with van der Waals surface area (Å²) >= 11 is 3.02. The Balaban J connectivity index is 1.49. The van der Waals surface area contributed by atoms with Crippen molar-refractivity contribution in [2.75, 3.05) is 0 Å². The average molecular weight is 369 g/mol. The number of thioether (sulfide) groups is 1. The normalized spacial score (nSPS) is 11.0. The molecule has 0 saturated carbocycles. The number of thiazole rings is 1. The maximum absolute atomic E-state index is 10.8. The van der Waals surface area contributed by atoms with Crippen molar-refractivity contribution in [2.45, 2.75) is 11.0 Å². The Kier molecular flexibility index (Phi) is 4.21. The average Bonchev–Trinajstić information content (AvgIpc) is 3.26. The van der Waals surface area contributed by atoms with E-state index < -0.39 is 4.92 Å². The van der Waals surface area contributed by atoms with Gasteiger partial charge in [-0.15, -0.1) is 11.3 Å². The first-order chi connectivity index (χ1) is 12.2. The highest BCUT2D eigenvalue weighted by Crippen LogP contribution is 2.30. The molecular formula is C17H11N3O3S2. The Morgan fingerprint density at radius 2 is 2.00 bits per heavy atom. The van der Waals surface area contributed by atoms with Crippen molar-refractivity contribution in [3.05, 3.63) is 69.7 Å². The highest BCUT2D eigenvalue weighted by Gasteiger charge is 2.13. The molecule has 4 rings (SSSR count). The molecule has 0 N–H and O–H groups in total. The van der Waals surface area contributed by atoms with Crippen LogP contribution in [0, 0.1) is 10.1 Å². The summed E-state index contributed by atoms with van der Waals surface area (Å²) < 4.78 is 5.60. The first-order valence-electron chi connectivity index (χ1n) is 7.37. The van der Waals surface area contributed by atoms with E-state index in [0.29, 0.717) is 22.1 Å². The fourth-order valence-corrected chi connectivity index (χ4v) is 3.95. The van der Waals surface area contributed by atoms with Crippen LogP contribution in [0.4, 0.5) is 5.69 Å². The number of hydrogen-bond donors (Lipinski definition) is 0. The first kappa shape index (κ1) is 15.8. The lowest BCUT2D eigenvalue weighted by molar-refractivity contribution is -0.384. The smallest absolute Gasteiger partial charge is 0.273 e. The molecule has 6 nitrogen and oxygen atoms in total. The van der Waals surface area contributed by atoms with Crippen molar-refractivity contribution >= 4 is 39.9 Å². The number of nitrogens with zero attached hydrogens (tertiary/aromatic N) is 3. The molecule has 0 saturated heterocycles. The molecule has 0 aliphatic carbocycles. The Hall–Kier alpha value is -2.71. The summed E-state index contributed by atoms with van der Waals surface area (Å²) in [5.41, 5.74) is 3.06. The van der Waals surface area contributed by atoms with E-state index in [0.717, 1.165) is 16.3 Å². The van der Waals surface area contributed by atoms with Crippen molar-refractivity contribution in [1.29, 1.82) is 0 Å². The third-order valence-corrected chi connectivity index (χ3v) is 5.28. The second kappa shape index (κ2) is 6.66. The van der Waals surface area contributed by atoms with E-state index in [1.54, 1.807) is 17.4 Å². The van der Waals surface area contributed by atoms with Crippen molar-refractivity contribution < 1.29 is 9.34 Å². The van der Waals surface area contributed by atoms with Crippen LogP contribution in [-0.4, -0.2) is 14.9 Å². The fourth-order valence-electron chi connectivity index (χ4n) is 2.29. The number of rotatable bonds is 5. The number of fused-ring (bicyclic) bond motifs is 1. The zero-order valence-corrected chi connectivity index (χ0v) is 14.4. The van der Waals surface area contributed by atoms with Gasteiger partial charge in [-0.1, -0.05) is 42.1 Å². The van der Waals surface area contributed by atoms with Gasteiger partial charge in [0, 0.05) is 22.8 Å². The Bertz CT molecular complexity index is 1040. The zero-order chi connectivity index (χ0) is 17.2. The van der Waals surface area contributed by atoms with Crippen molar-refractivity contribution in [1.82, 2.24) is 9.97 Å². The summed E-state index contributed by atoms with van der Waals surface area (Å²) in [6.07, 6.45) is 0. The summed E-state index contributed by atoms with van der Waals surface area (Å²) in [5, 5.41) is 14.3. The minimum atomic E-state index is -0.449. The molecule has 0 aliphatic rings. The summed E-state index contributed by atoms with van der Waals surface area (Å²) in [4.78, 5) is 19.3. The summed E-state index contributed by atoms with van der Waals surface area (Å²) in [6.45, 7) is 0. The summed E-state index contributed by atoms with van der Waals surface area (Å²) in [5.74, 6) is 0.623. The minimum Gasteiger partial charge on any atom is -0.431 e. The summed E-state index contributed by atoms with van der Waals surface area (Å²) in [7, 11) is 0. The van der Waals surface area contributed by atoms with Crippen molar-refractivity contribution in [2.24, 2.45) is 0 Å². The number of hydrogen-bond acceptors (Lipinski definition) is 7. The van der Waals surface area contributed by atoms with E-state index in [-0.39, 0.29) is 5.69 Å². The topological polar surface area (TPSA) is 82.1 Å². The molecule has 4 aromatic rings. The van der Waals surface area contributed by atoms with Gasteiger partial charge in [0.25, 0.3) is 10.9 Å². The monoisotopic (exact) mass is 369 g/mol. The Morgan fingerprint density at radius 3 is 2.80 bits per heavy atom. The summed E-state index contributed by atoms with van der Waals surface area (Å²) in [6, 6.07) is 14.4. The highest BCUT2D eigenvalue weighted by molar-refractivity contribution is 7.98. The molecule has 0 unspecified atom stereocenters. The minimum absolute atomic E-state index is 0.00722. The van der Waals surface area contributed by atoms with Gasteiger partial charge in [0.1, 0.15) is 10.5 Å². The third-order valence-electron chi connectivity index (χ3n) is 3.48. The van der Waals surface area contributed by atoms with Gasteiger partial charge in [0.05, 0.1) is 16.7 Å². The molecule has 8 heteroatoms. The second-order valence-electron chi connectivity index (χ2n) is 5.19. The van der Waals surface area contributed by atoms with E-state index in [9.17, 15) is 10.1 Å². The van der Waals surface area contributed by atoms with Gasteiger partial charge in [-0.2, -0.15) is 0 Å². The lowest BCUT2D eigenvalue weighted by atomic mass is 10.2. The number of oxazole rings is 1. The molecule has 2 aromatic carbocycles. The molecule has 0 atom stereocenters. The molecule has 25 heavy (non-hydrogen) atoms. The van der Waals surface area contributed by atoms with Crippen LogP contribution >= 0.6 is 23.1 Å². The highest BCUT2D eigenvalue weighted by atomic mass is 32.2. The van der Waals surface area contributed by atoms with E-state index in [1.165, 1.54) is 23.9 Å². The van der Waals surface area contributed by atoms with Crippen LogP contribution in [0.1, 0.15) is 5.69 Å². The number of nitro benzene ring substituents is 1. The SMILES string of the molecule is O=[N+]([O-])c1ccc2nc(SCc3csc(-c4ccccc4)n3)oc2c1. The van der Waals surface area contributed by atoms with Gasteiger partial charge >= 0.3 is 0 Å². The van der Waals surface area contributed by atoms with E-state index in [2.05, 4.69) is 9.97 Å². The molecule has 0 spiro atoms. The molecule has 0 fully saturated rings. The van der Waals surface area contributed by atoms with Gasteiger partial charge < -0.3 is 4.42 Å². The Morgan fingerprint density at radius 1 is 1.16 bits per heavy atom. The zero-order valence-electron chi connectivity index (χ0n) is 12.8. The van der Waals surface area contributed by atoms with Crippen LogP contribution in [0.3, 0.4) is 0 Å². The van der Waals surface area contributed by atoms with E-state index in [1.807, 2.05) is 35.7 Å². The van der Waals surface area contributed by atoms with Gasteiger partial charge in [-0.25, -0.2) is 9.97 Å². The molecule has 0 amide bonds. The van der Waals surface area contributed by atoms with Crippen LogP contribution in [0.25, 0.3) is 21.7 Å². The molecule has 2 heterocycles. The van der Waals surface area contributed by atoms with Crippen LogP contribution in [-0.2, 0) is 5.75 Å². The standard InChI is InChI=1S/C17H11N3O3S2/c21-20(22)13-6-7-14-15(8-13)23-17(19-14)25-10-12-9-24-16(18-12)11-4-2-1-3-5-11/h1-9H,10H2. The molecule has 0 bridgehead atoms. The number of aromatic nitrogens is 2. The molecule has 0 aliphatic heterocycles. The molecule has 2 aromatic heterocycles. The maximum Gasteiger partial charge on any atom is 0.273 e. The van der Waals surface area contributed by atoms with Crippen LogP contribution in [0.15, 0.2) is 63.6 Å². The number of non-ortho nitro benzene ring substituents is 1. The second-order valence-corrected chi connectivity index (χ2v) is 6.97. The largest absolute Gasteiger partial charge is 0.431 e. The first-order valence-corrected chi connectivity index (χ1v) is 9.23. The van der Waals surface area contributed by atoms with E-state index >= 15 is 0 Å². The van der Waals surface area contributed by atoms with Crippen LogP contribution in [0.5, 0.6) is 0 Å². The molecular weight excluding hydrogens is 358 g/mol. The van der Waals surface area contributed by atoms with Gasteiger partial charge in [-0.3, -0.25) is 10.1 Å². The van der Waals surface area contributed by atoms with Gasteiger partial charge in [0.15, 0.2) is 5.58 Å².